The first-order chi connectivity index (χ1) is 16.2. The zero-order valence-corrected chi connectivity index (χ0v) is 18.5. The van der Waals surface area contributed by atoms with Crippen LogP contribution in [0.5, 0.6) is 0 Å². The average molecular weight is 435 g/mol. The van der Waals surface area contributed by atoms with Gasteiger partial charge in [0.1, 0.15) is 0 Å². The van der Waals surface area contributed by atoms with Gasteiger partial charge in [-0.15, -0.1) is 0 Å². The second-order valence-electron chi connectivity index (χ2n) is 8.60. The molecule has 5 rings (SSSR count). The van der Waals surface area contributed by atoms with Gasteiger partial charge in [-0.1, -0.05) is 55.0 Å². The van der Waals surface area contributed by atoms with Crippen molar-refractivity contribution in [2.45, 2.75) is 25.8 Å². The minimum atomic E-state index is -0.173. The van der Waals surface area contributed by atoms with Gasteiger partial charge in [0.25, 0.3) is 5.91 Å². The first-order valence-corrected chi connectivity index (χ1v) is 11.5. The van der Waals surface area contributed by atoms with E-state index in [0.717, 1.165) is 29.1 Å². The summed E-state index contributed by atoms with van der Waals surface area (Å²) >= 11 is 0. The molecular formula is C28H26N4O. The zero-order valence-electron chi connectivity index (χ0n) is 18.5. The summed E-state index contributed by atoms with van der Waals surface area (Å²) in [7, 11) is 0. The normalized spacial score (nSPS) is 17.1. The van der Waals surface area contributed by atoms with Crippen LogP contribution < -0.4 is 10.6 Å². The van der Waals surface area contributed by atoms with Crippen LogP contribution in [0.1, 0.15) is 41.5 Å². The van der Waals surface area contributed by atoms with Crippen molar-refractivity contribution in [3.63, 3.8) is 0 Å². The third kappa shape index (κ3) is 4.52. The summed E-state index contributed by atoms with van der Waals surface area (Å²) in [5.41, 5.74) is 6.47. The zero-order chi connectivity index (χ0) is 22.6. The molecule has 0 unspecified atom stereocenters. The largest absolute Gasteiger partial charge is 0.354 e. The first kappa shape index (κ1) is 21.0. The molecule has 2 heterocycles. The molecule has 3 aromatic rings. The summed E-state index contributed by atoms with van der Waals surface area (Å²) in [6.45, 7) is 3.32. The fourth-order valence-corrected chi connectivity index (χ4v) is 4.59. The Labute approximate surface area is 194 Å². The number of carbonyl (C=O) groups is 1. The number of hydrogen-bond acceptors (Lipinski definition) is 4. The van der Waals surface area contributed by atoms with Gasteiger partial charge in [0.05, 0.1) is 28.6 Å². The third-order valence-corrected chi connectivity index (χ3v) is 6.28. The Kier molecular flexibility index (Phi) is 5.93. The van der Waals surface area contributed by atoms with Crippen molar-refractivity contribution in [1.82, 2.24) is 4.90 Å². The number of nitrogens with one attached hydrogen (secondary N) is 2. The Bertz CT molecular complexity index is 1230. The topological polar surface area (TPSA) is 68.2 Å². The molecule has 0 bridgehead atoms. The van der Waals surface area contributed by atoms with Crippen LogP contribution in [-0.2, 0) is 11.3 Å². The lowest BCUT2D eigenvalue weighted by Gasteiger charge is -2.26. The van der Waals surface area contributed by atoms with E-state index in [1.54, 1.807) is 12.1 Å². The van der Waals surface area contributed by atoms with Crippen LogP contribution in [0.15, 0.2) is 72.8 Å². The summed E-state index contributed by atoms with van der Waals surface area (Å²) in [5.74, 6) is -0.173. The van der Waals surface area contributed by atoms with Crippen LogP contribution in [-0.4, -0.2) is 23.9 Å². The Morgan fingerprint density at radius 2 is 1.73 bits per heavy atom. The van der Waals surface area contributed by atoms with E-state index in [-0.39, 0.29) is 5.91 Å². The van der Waals surface area contributed by atoms with E-state index in [4.69, 9.17) is 0 Å². The Morgan fingerprint density at radius 1 is 0.970 bits per heavy atom. The highest BCUT2D eigenvalue weighted by atomic mass is 16.2. The molecule has 2 N–H and O–H groups in total. The van der Waals surface area contributed by atoms with Crippen molar-refractivity contribution in [2.24, 2.45) is 0 Å². The summed E-state index contributed by atoms with van der Waals surface area (Å²) < 4.78 is 0. The molecule has 2 aliphatic heterocycles. The van der Waals surface area contributed by atoms with E-state index in [2.05, 4.69) is 45.9 Å². The molecule has 164 valence electrons. The van der Waals surface area contributed by atoms with Crippen LogP contribution in [0.25, 0.3) is 11.3 Å². The van der Waals surface area contributed by atoms with Gasteiger partial charge >= 0.3 is 0 Å². The number of nitriles is 1. The molecule has 5 heteroatoms. The second-order valence-corrected chi connectivity index (χ2v) is 8.60. The number of piperidine rings is 1. The quantitative estimate of drug-likeness (QED) is 0.522. The van der Waals surface area contributed by atoms with Gasteiger partial charge in [-0.25, -0.2) is 0 Å². The maximum Gasteiger partial charge on any atom is 0.258 e. The number of benzene rings is 3. The van der Waals surface area contributed by atoms with Gasteiger partial charge in [-0.05, 0) is 61.3 Å². The molecule has 5 nitrogen and oxygen atoms in total. The van der Waals surface area contributed by atoms with E-state index in [9.17, 15) is 10.1 Å². The number of hydrogen-bond donors (Lipinski definition) is 2. The lowest BCUT2D eigenvalue weighted by molar-refractivity contribution is -0.110. The monoisotopic (exact) mass is 434 g/mol. The molecule has 0 spiro atoms. The molecule has 2 aliphatic rings. The van der Waals surface area contributed by atoms with Crippen molar-refractivity contribution in [2.75, 3.05) is 23.7 Å². The highest BCUT2D eigenvalue weighted by Crippen LogP contribution is 2.38. The van der Waals surface area contributed by atoms with Gasteiger partial charge in [-0.2, -0.15) is 5.26 Å². The minimum Gasteiger partial charge on any atom is -0.354 e. The number of amides is 1. The van der Waals surface area contributed by atoms with Crippen molar-refractivity contribution in [3.8, 4) is 6.07 Å². The van der Waals surface area contributed by atoms with Crippen molar-refractivity contribution in [1.29, 1.82) is 5.26 Å². The fraction of sp³-hybridized carbons (Fsp3) is 0.214. The molecule has 1 amide bonds. The molecule has 1 fully saturated rings. The SMILES string of the molecule is N#Cc1ccc2c(c1)NC(=O)/C2=C(\Nc1ccc(CN2CCCCC2)cc1)c1ccccc1. The van der Waals surface area contributed by atoms with Crippen LogP contribution in [0.4, 0.5) is 11.4 Å². The van der Waals surface area contributed by atoms with Crippen LogP contribution in [0, 0.1) is 11.3 Å². The summed E-state index contributed by atoms with van der Waals surface area (Å²) in [5, 5.41) is 15.6. The molecule has 33 heavy (non-hydrogen) atoms. The Hall–Kier alpha value is -3.88. The third-order valence-electron chi connectivity index (χ3n) is 6.28. The molecule has 0 atom stereocenters. The van der Waals surface area contributed by atoms with E-state index in [1.165, 1.54) is 37.9 Å². The highest BCUT2D eigenvalue weighted by Gasteiger charge is 2.28. The molecule has 0 radical (unpaired) electrons. The molecule has 0 aliphatic carbocycles. The second kappa shape index (κ2) is 9.32. The predicted molar refractivity (Wildman–Crippen MR) is 132 cm³/mol. The summed E-state index contributed by atoms with van der Waals surface area (Å²) in [6, 6.07) is 25.8. The molecule has 3 aromatic carbocycles. The van der Waals surface area contributed by atoms with Crippen LogP contribution in [0.3, 0.4) is 0 Å². The average Bonchev–Trinajstić information content (AvgIpc) is 3.19. The molecular weight excluding hydrogens is 408 g/mol. The fourth-order valence-electron chi connectivity index (χ4n) is 4.59. The molecule has 0 aromatic heterocycles. The van der Waals surface area contributed by atoms with Crippen LogP contribution in [0.2, 0.25) is 0 Å². The molecule has 0 saturated carbocycles. The summed E-state index contributed by atoms with van der Waals surface area (Å²) in [6.07, 6.45) is 3.91. The maximum absolute atomic E-state index is 13.0. The predicted octanol–water partition coefficient (Wildman–Crippen LogP) is 5.48. The number of rotatable bonds is 5. The minimum absolute atomic E-state index is 0.173. The lowest BCUT2D eigenvalue weighted by Crippen LogP contribution is -2.29. The van der Waals surface area contributed by atoms with Gasteiger partial charge in [0.2, 0.25) is 0 Å². The van der Waals surface area contributed by atoms with Crippen LogP contribution >= 0.6 is 0 Å². The van der Waals surface area contributed by atoms with E-state index >= 15 is 0 Å². The highest BCUT2D eigenvalue weighted by molar-refractivity contribution is 6.37. The van der Waals surface area contributed by atoms with Crippen molar-refractivity contribution < 1.29 is 4.79 Å². The van der Waals surface area contributed by atoms with Gasteiger partial charge in [-0.3, -0.25) is 9.69 Å². The first-order valence-electron chi connectivity index (χ1n) is 11.5. The van der Waals surface area contributed by atoms with Gasteiger partial charge in [0, 0.05) is 17.8 Å². The van der Waals surface area contributed by atoms with E-state index in [0.29, 0.717) is 16.8 Å². The van der Waals surface area contributed by atoms with E-state index < -0.39 is 0 Å². The van der Waals surface area contributed by atoms with Gasteiger partial charge < -0.3 is 10.6 Å². The number of likely N-dealkylation sites (tertiary alicyclic amines) is 1. The Morgan fingerprint density at radius 3 is 2.45 bits per heavy atom. The number of anilines is 2. The number of carbonyl (C=O) groups excluding carboxylic acids is 1. The smallest absolute Gasteiger partial charge is 0.258 e. The van der Waals surface area contributed by atoms with E-state index in [1.807, 2.05) is 36.4 Å². The van der Waals surface area contributed by atoms with Crippen molar-refractivity contribution in [3.05, 3.63) is 95.1 Å². The lowest BCUT2D eigenvalue weighted by atomic mass is 9.99. The van der Waals surface area contributed by atoms with Gasteiger partial charge in [0.15, 0.2) is 0 Å². The Balaban J connectivity index is 1.48. The van der Waals surface area contributed by atoms with Crippen molar-refractivity contribution >= 4 is 28.6 Å². The standard InChI is InChI=1S/C28H26N4O/c29-18-21-11-14-24-25(17-21)31-28(33)26(24)27(22-7-3-1-4-8-22)30-23-12-9-20(10-13-23)19-32-15-5-2-6-16-32/h1,3-4,7-14,17,30H,2,5-6,15-16,19H2,(H,31,33)/b27-26-. The number of fused-ring (bicyclic) bond motifs is 1. The molecule has 1 saturated heterocycles. The maximum atomic E-state index is 13.0. The number of nitrogens with zero attached hydrogens (tertiary/aromatic N) is 2. The summed E-state index contributed by atoms with van der Waals surface area (Å²) in [4.78, 5) is 15.5.